The maximum atomic E-state index is 12.0. The number of thioether (sulfide) groups is 1. The van der Waals surface area contributed by atoms with Gasteiger partial charge in [-0.2, -0.15) is 13.2 Å². The molecule has 4 nitrogen and oxygen atoms in total. The zero-order chi connectivity index (χ0) is 14.6. The first-order chi connectivity index (χ1) is 9.47. The number of benzene rings is 1. The van der Waals surface area contributed by atoms with Crippen molar-refractivity contribution < 1.29 is 22.7 Å². The van der Waals surface area contributed by atoms with E-state index < -0.39 is 11.4 Å². The molecule has 1 amide bonds. The van der Waals surface area contributed by atoms with Crippen LogP contribution in [-0.4, -0.2) is 36.9 Å². The van der Waals surface area contributed by atoms with Gasteiger partial charge in [-0.3, -0.25) is 4.79 Å². The van der Waals surface area contributed by atoms with Crippen LogP contribution in [0.5, 0.6) is 5.75 Å². The maximum Gasteiger partial charge on any atom is 0.441 e. The van der Waals surface area contributed by atoms with E-state index in [9.17, 15) is 18.0 Å². The number of carbonyl (C=O) groups is 1. The fourth-order valence-corrected chi connectivity index (χ4v) is 2.21. The molecular formula is C12H13F3N2O2S. The molecule has 8 heteroatoms. The Morgan fingerprint density at radius 3 is 3.00 bits per heavy atom. The van der Waals surface area contributed by atoms with Gasteiger partial charge >= 0.3 is 5.51 Å². The lowest BCUT2D eigenvalue weighted by atomic mass is 10.1. The van der Waals surface area contributed by atoms with Crippen LogP contribution >= 0.6 is 11.8 Å². The number of alkyl halides is 3. The largest absolute Gasteiger partial charge is 0.489 e. The molecule has 0 aromatic heterocycles. The summed E-state index contributed by atoms with van der Waals surface area (Å²) in [7, 11) is 0. The number of ether oxygens (including phenoxy) is 1. The van der Waals surface area contributed by atoms with Crippen molar-refractivity contribution in [2.24, 2.45) is 0 Å². The summed E-state index contributed by atoms with van der Waals surface area (Å²) in [5.41, 5.74) is -3.23. The van der Waals surface area contributed by atoms with E-state index in [1.54, 1.807) is 18.2 Å². The molecule has 20 heavy (non-hydrogen) atoms. The number of anilines is 1. The SMILES string of the molecule is O=C(NCCSC(F)(F)F)c1cccc2c1OCCN2. The van der Waals surface area contributed by atoms with Crippen molar-refractivity contribution in [3.63, 3.8) is 0 Å². The third kappa shape index (κ3) is 3.96. The minimum absolute atomic E-state index is 0.0555. The Hall–Kier alpha value is -1.57. The first-order valence-corrected chi connectivity index (χ1v) is 6.94. The summed E-state index contributed by atoms with van der Waals surface area (Å²) in [4.78, 5) is 11.9. The van der Waals surface area contributed by atoms with Crippen molar-refractivity contribution in [1.29, 1.82) is 0 Å². The fourth-order valence-electron chi connectivity index (χ4n) is 1.78. The first-order valence-electron chi connectivity index (χ1n) is 5.96. The van der Waals surface area contributed by atoms with Crippen LogP contribution in [0.1, 0.15) is 10.4 Å². The summed E-state index contributed by atoms with van der Waals surface area (Å²) in [6.45, 7) is 1.04. The van der Waals surface area contributed by atoms with Crippen molar-refractivity contribution in [3.05, 3.63) is 23.8 Å². The Labute approximate surface area is 118 Å². The normalized spacial score (nSPS) is 13.9. The van der Waals surface area contributed by atoms with E-state index in [4.69, 9.17) is 4.74 Å². The Morgan fingerprint density at radius 2 is 2.25 bits per heavy atom. The highest BCUT2D eigenvalue weighted by Gasteiger charge is 2.27. The van der Waals surface area contributed by atoms with Crippen LogP contribution in [0.2, 0.25) is 0 Å². The molecule has 0 saturated heterocycles. The molecule has 0 aliphatic carbocycles. The third-order valence-corrected chi connectivity index (χ3v) is 3.31. The monoisotopic (exact) mass is 306 g/mol. The summed E-state index contributed by atoms with van der Waals surface area (Å²) >= 11 is -0.159. The average Bonchev–Trinajstić information content (AvgIpc) is 2.41. The predicted octanol–water partition coefficient (Wildman–Crippen LogP) is 2.47. The molecule has 1 aliphatic rings. The highest BCUT2D eigenvalue weighted by molar-refractivity contribution is 8.00. The minimum Gasteiger partial charge on any atom is -0.489 e. The highest BCUT2D eigenvalue weighted by Crippen LogP contribution is 2.31. The summed E-state index contributed by atoms with van der Waals surface area (Å²) in [6.07, 6.45) is 0. The second kappa shape index (κ2) is 6.25. The van der Waals surface area contributed by atoms with Gasteiger partial charge in [-0.05, 0) is 23.9 Å². The van der Waals surface area contributed by atoms with Gasteiger partial charge in [0.1, 0.15) is 6.61 Å². The number of carbonyl (C=O) groups excluding carboxylic acids is 1. The van der Waals surface area contributed by atoms with Gasteiger partial charge in [-0.1, -0.05) is 6.07 Å². The van der Waals surface area contributed by atoms with Crippen LogP contribution < -0.4 is 15.4 Å². The number of nitrogens with one attached hydrogen (secondary N) is 2. The molecule has 0 radical (unpaired) electrons. The van der Waals surface area contributed by atoms with E-state index in [-0.39, 0.29) is 24.1 Å². The second-order valence-electron chi connectivity index (χ2n) is 4.01. The van der Waals surface area contributed by atoms with Crippen molar-refractivity contribution in [3.8, 4) is 5.75 Å². The summed E-state index contributed by atoms with van der Waals surface area (Å²) < 4.78 is 41.3. The molecule has 1 aromatic rings. The molecule has 2 N–H and O–H groups in total. The number of para-hydroxylation sites is 1. The first kappa shape index (κ1) is 14.8. The van der Waals surface area contributed by atoms with Gasteiger partial charge in [0.05, 0.1) is 11.3 Å². The quantitative estimate of drug-likeness (QED) is 0.839. The number of fused-ring (bicyclic) bond motifs is 1. The van der Waals surface area contributed by atoms with E-state index in [0.29, 0.717) is 30.2 Å². The van der Waals surface area contributed by atoms with Crippen LogP contribution in [0.15, 0.2) is 18.2 Å². The van der Waals surface area contributed by atoms with Crippen molar-refractivity contribution >= 4 is 23.4 Å². The standard InChI is InChI=1S/C12H13F3N2O2S/c13-12(14,15)20-7-5-17-11(18)8-2-1-3-9-10(8)19-6-4-16-9/h1-3,16H,4-7H2,(H,17,18). The van der Waals surface area contributed by atoms with Gasteiger partial charge in [-0.15, -0.1) is 0 Å². The van der Waals surface area contributed by atoms with E-state index in [1.165, 1.54) is 0 Å². The van der Waals surface area contributed by atoms with Crippen LogP contribution in [0, 0.1) is 0 Å². The number of rotatable bonds is 4. The average molecular weight is 306 g/mol. The van der Waals surface area contributed by atoms with Gasteiger partial charge in [0.2, 0.25) is 0 Å². The Bertz CT molecular complexity index is 494. The summed E-state index contributed by atoms with van der Waals surface area (Å²) in [5.74, 6) is -0.211. The van der Waals surface area contributed by atoms with E-state index in [2.05, 4.69) is 10.6 Å². The topological polar surface area (TPSA) is 50.4 Å². The van der Waals surface area contributed by atoms with E-state index >= 15 is 0 Å². The molecule has 0 unspecified atom stereocenters. The minimum atomic E-state index is -4.27. The predicted molar refractivity (Wildman–Crippen MR) is 71.3 cm³/mol. The smallest absolute Gasteiger partial charge is 0.441 e. The zero-order valence-corrected chi connectivity index (χ0v) is 11.2. The molecule has 0 spiro atoms. The Morgan fingerprint density at radius 1 is 1.45 bits per heavy atom. The van der Waals surface area contributed by atoms with Gasteiger partial charge in [0.15, 0.2) is 5.75 Å². The number of amides is 1. The fraction of sp³-hybridized carbons (Fsp3) is 0.417. The van der Waals surface area contributed by atoms with Crippen molar-refractivity contribution in [2.75, 3.05) is 30.8 Å². The summed E-state index contributed by atoms with van der Waals surface area (Å²) in [6, 6.07) is 5.06. The van der Waals surface area contributed by atoms with Crippen LogP contribution in [-0.2, 0) is 0 Å². The third-order valence-electron chi connectivity index (χ3n) is 2.58. The molecule has 1 aliphatic heterocycles. The second-order valence-corrected chi connectivity index (χ2v) is 5.17. The van der Waals surface area contributed by atoms with Gasteiger partial charge < -0.3 is 15.4 Å². The lowest BCUT2D eigenvalue weighted by Gasteiger charge is -2.21. The Balaban J connectivity index is 1.93. The van der Waals surface area contributed by atoms with Crippen LogP contribution in [0.3, 0.4) is 0 Å². The molecule has 0 atom stereocenters. The number of hydrogen-bond acceptors (Lipinski definition) is 4. The van der Waals surface area contributed by atoms with Crippen molar-refractivity contribution in [1.82, 2.24) is 5.32 Å². The summed E-state index contributed by atoms with van der Waals surface area (Å²) in [5, 5.41) is 5.54. The van der Waals surface area contributed by atoms with Gasteiger partial charge in [-0.25, -0.2) is 0 Å². The molecule has 0 saturated carbocycles. The van der Waals surface area contributed by atoms with Crippen molar-refractivity contribution in [2.45, 2.75) is 5.51 Å². The van der Waals surface area contributed by atoms with Crippen LogP contribution in [0.25, 0.3) is 0 Å². The molecule has 110 valence electrons. The zero-order valence-electron chi connectivity index (χ0n) is 10.4. The molecule has 0 fully saturated rings. The lowest BCUT2D eigenvalue weighted by molar-refractivity contribution is -0.0327. The van der Waals surface area contributed by atoms with E-state index in [0.717, 1.165) is 0 Å². The van der Waals surface area contributed by atoms with Crippen LogP contribution in [0.4, 0.5) is 18.9 Å². The number of hydrogen-bond donors (Lipinski definition) is 2. The van der Waals surface area contributed by atoms with Gasteiger partial charge in [0.25, 0.3) is 5.91 Å². The molecule has 2 rings (SSSR count). The molecule has 1 aromatic carbocycles. The number of halogens is 3. The van der Waals surface area contributed by atoms with Gasteiger partial charge in [0, 0.05) is 18.8 Å². The molecule has 1 heterocycles. The van der Waals surface area contributed by atoms with E-state index in [1.807, 2.05) is 0 Å². The maximum absolute atomic E-state index is 12.0. The lowest BCUT2D eigenvalue weighted by Crippen LogP contribution is -2.28. The highest BCUT2D eigenvalue weighted by atomic mass is 32.2. The molecular weight excluding hydrogens is 293 g/mol. The molecule has 0 bridgehead atoms. The Kier molecular flexibility index (Phi) is 4.64.